The maximum absolute atomic E-state index is 12.0. The lowest BCUT2D eigenvalue weighted by molar-refractivity contribution is -0.132. The molecule has 0 unspecified atom stereocenters. The molecular weight excluding hydrogens is 288 g/mol. The van der Waals surface area contributed by atoms with Crippen molar-refractivity contribution in [3.63, 3.8) is 0 Å². The largest absolute Gasteiger partial charge is 0.467 e. The lowest BCUT2D eigenvalue weighted by Gasteiger charge is -2.23. The Balaban J connectivity index is 1.94. The van der Waals surface area contributed by atoms with Crippen molar-refractivity contribution in [1.82, 2.24) is 10.4 Å². The first-order valence-corrected chi connectivity index (χ1v) is 7.19. The first kappa shape index (κ1) is 13.8. The molecule has 3 rings (SSSR count). The zero-order valence-electron chi connectivity index (χ0n) is 11.5. The molecule has 1 amide bonds. The number of halogens is 1. The fraction of sp³-hybridized carbons (Fsp3) is 0.188. The minimum absolute atomic E-state index is 0.0841. The summed E-state index contributed by atoms with van der Waals surface area (Å²) in [6, 6.07) is 11.5. The third kappa shape index (κ3) is 2.67. The Bertz CT molecular complexity index is 662. The van der Waals surface area contributed by atoms with E-state index in [1.165, 1.54) is 10.6 Å². The van der Waals surface area contributed by atoms with Crippen molar-refractivity contribution in [1.29, 1.82) is 0 Å². The van der Waals surface area contributed by atoms with E-state index in [1.807, 2.05) is 43.3 Å². The molecule has 5 heteroatoms. The minimum Gasteiger partial charge on any atom is -0.467 e. The summed E-state index contributed by atoms with van der Waals surface area (Å²) in [5.74, 6) is 0.415. The van der Waals surface area contributed by atoms with Gasteiger partial charge in [0, 0.05) is 0 Å². The molecule has 2 aromatic rings. The molecule has 0 saturated carbocycles. The van der Waals surface area contributed by atoms with Gasteiger partial charge in [-0.1, -0.05) is 29.8 Å². The zero-order valence-corrected chi connectivity index (χ0v) is 12.3. The number of carbonyl (C=O) groups excluding carboxylic acids is 1. The second kappa shape index (κ2) is 5.66. The van der Waals surface area contributed by atoms with Crippen molar-refractivity contribution in [2.24, 2.45) is 0 Å². The van der Waals surface area contributed by atoms with E-state index in [4.69, 9.17) is 16.0 Å². The Morgan fingerprint density at radius 1 is 1.33 bits per heavy atom. The monoisotopic (exact) mass is 302 g/mol. The average molecular weight is 303 g/mol. The summed E-state index contributed by atoms with van der Waals surface area (Å²) >= 11 is 5.69. The average Bonchev–Trinajstić information content (AvgIpc) is 3.16. The maximum Gasteiger partial charge on any atom is 0.256 e. The van der Waals surface area contributed by atoms with Gasteiger partial charge in [0.05, 0.1) is 12.0 Å². The van der Waals surface area contributed by atoms with Crippen LogP contribution in [0.4, 0.5) is 0 Å². The maximum atomic E-state index is 12.0. The number of hydrazine groups is 1. The van der Waals surface area contributed by atoms with E-state index in [0.717, 1.165) is 11.3 Å². The highest BCUT2D eigenvalue weighted by molar-refractivity contribution is 6.27. The van der Waals surface area contributed by atoms with Crippen molar-refractivity contribution in [2.75, 3.05) is 5.88 Å². The van der Waals surface area contributed by atoms with Gasteiger partial charge in [0.2, 0.25) is 0 Å². The highest BCUT2D eigenvalue weighted by Crippen LogP contribution is 2.31. The molecule has 0 aliphatic carbocycles. The number of benzene rings is 1. The Morgan fingerprint density at radius 2 is 2.10 bits per heavy atom. The standard InChI is InChI=1S/C16H15ClN2O2/c1-11-4-6-12(7-5-11)13-9-14(15-3-2-8-21-15)19(18-13)16(20)10-17/h2-9,14,18H,10H2,1H3/t14-/m1/s1. The van der Waals surface area contributed by atoms with Gasteiger partial charge in [-0.05, 0) is 30.7 Å². The van der Waals surface area contributed by atoms with Gasteiger partial charge in [0.1, 0.15) is 17.7 Å². The number of nitrogens with zero attached hydrogens (tertiary/aromatic N) is 1. The molecule has 21 heavy (non-hydrogen) atoms. The molecule has 0 bridgehead atoms. The van der Waals surface area contributed by atoms with Gasteiger partial charge in [-0.2, -0.15) is 0 Å². The van der Waals surface area contributed by atoms with Crippen LogP contribution in [0.3, 0.4) is 0 Å². The summed E-state index contributed by atoms with van der Waals surface area (Å²) in [5, 5.41) is 1.50. The molecular formula is C16H15ClN2O2. The van der Waals surface area contributed by atoms with E-state index < -0.39 is 0 Å². The second-order valence-electron chi connectivity index (χ2n) is 4.92. The van der Waals surface area contributed by atoms with E-state index in [-0.39, 0.29) is 17.8 Å². The van der Waals surface area contributed by atoms with Crippen LogP contribution in [0.2, 0.25) is 0 Å². The summed E-state index contributed by atoms with van der Waals surface area (Å²) in [4.78, 5) is 12.0. The number of amides is 1. The minimum atomic E-state index is -0.289. The van der Waals surface area contributed by atoms with E-state index in [9.17, 15) is 4.79 Å². The Labute approximate surface area is 128 Å². The van der Waals surface area contributed by atoms with Crippen molar-refractivity contribution in [3.05, 3.63) is 65.6 Å². The molecule has 1 N–H and O–H groups in total. The summed E-state index contributed by atoms with van der Waals surface area (Å²) < 4.78 is 5.42. The third-order valence-electron chi connectivity index (χ3n) is 3.42. The predicted octanol–water partition coefficient (Wildman–Crippen LogP) is 3.26. The highest BCUT2D eigenvalue weighted by atomic mass is 35.5. The summed E-state index contributed by atoms with van der Waals surface area (Å²) in [5.41, 5.74) is 6.19. The van der Waals surface area contributed by atoms with Crippen molar-refractivity contribution in [3.8, 4) is 0 Å². The number of furan rings is 1. The number of nitrogens with one attached hydrogen (secondary N) is 1. The van der Waals surface area contributed by atoms with Crippen LogP contribution in [-0.4, -0.2) is 16.8 Å². The third-order valence-corrected chi connectivity index (χ3v) is 3.65. The molecule has 1 aromatic heterocycles. The zero-order chi connectivity index (χ0) is 14.8. The van der Waals surface area contributed by atoms with E-state index in [0.29, 0.717) is 5.76 Å². The number of aryl methyl sites for hydroxylation is 1. The quantitative estimate of drug-likeness (QED) is 0.885. The highest BCUT2D eigenvalue weighted by Gasteiger charge is 2.31. The smallest absolute Gasteiger partial charge is 0.256 e. The fourth-order valence-electron chi connectivity index (χ4n) is 2.31. The van der Waals surface area contributed by atoms with Crippen LogP contribution in [0, 0.1) is 6.92 Å². The number of hydrogen-bond acceptors (Lipinski definition) is 3. The van der Waals surface area contributed by atoms with Crippen LogP contribution in [0.25, 0.3) is 5.70 Å². The van der Waals surface area contributed by atoms with Gasteiger partial charge >= 0.3 is 0 Å². The van der Waals surface area contributed by atoms with Crippen LogP contribution in [-0.2, 0) is 4.79 Å². The molecule has 1 aliphatic heterocycles. The first-order chi connectivity index (χ1) is 10.2. The second-order valence-corrected chi connectivity index (χ2v) is 5.18. The van der Waals surface area contributed by atoms with E-state index in [1.54, 1.807) is 12.3 Å². The van der Waals surface area contributed by atoms with Crippen LogP contribution >= 0.6 is 11.6 Å². The fourth-order valence-corrected chi connectivity index (χ4v) is 2.44. The van der Waals surface area contributed by atoms with Crippen molar-refractivity contribution < 1.29 is 9.21 Å². The lowest BCUT2D eigenvalue weighted by Crippen LogP contribution is -2.40. The normalized spacial score (nSPS) is 17.5. The summed E-state index contributed by atoms with van der Waals surface area (Å²) in [6.45, 7) is 2.04. The predicted molar refractivity (Wildman–Crippen MR) is 81.3 cm³/mol. The molecule has 4 nitrogen and oxygen atoms in total. The van der Waals surface area contributed by atoms with Gasteiger partial charge < -0.3 is 4.42 Å². The van der Waals surface area contributed by atoms with Gasteiger partial charge in [0.25, 0.3) is 5.91 Å². The molecule has 0 fully saturated rings. The van der Waals surface area contributed by atoms with Gasteiger partial charge in [-0.25, -0.2) is 5.01 Å². The molecule has 1 aromatic carbocycles. The Hall–Kier alpha value is -2.20. The molecule has 0 spiro atoms. The number of alkyl halides is 1. The summed E-state index contributed by atoms with van der Waals surface area (Å²) in [7, 11) is 0. The van der Waals surface area contributed by atoms with E-state index >= 15 is 0 Å². The van der Waals surface area contributed by atoms with Crippen LogP contribution in [0.1, 0.15) is 22.9 Å². The lowest BCUT2D eigenvalue weighted by atomic mass is 10.1. The van der Waals surface area contributed by atoms with Gasteiger partial charge in [-0.3, -0.25) is 10.2 Å². The van der Waals surface area contributed by atoms with Crippen molar-refractivity contribution in [2.45, 2.75) is 13.0 Å². The van der Waals surface area contributed by atoms with Crippen LogP contribution in [0.15, 0.2) is 53.2 Å². The molecule has 1 atom stereocenters. The first-order valence-electron chi connectivity index (χ1n) is 6.66. The topological polar surface area (TPSA) is 45.5 Å². The van der Waals surface area contributed by atoms with E-state index in [2.05, 4.69) is 5.43 Å². The molecule has 1 aliphatic rings. The van der Waals surface area contributed by atoms with Crippen LogP contribution < -0.4 is 5.43 Å². The molecule has 108 valence electrons. The molecule has 2 heterocycles. The number of rotatable bonds is 3. The van der Waals surface area contributed by atoms with Gasteiger partial charge in [-0.15, -0.1) is 11.6 Å². The number of carbonyl (C=O) groups is 1. The number of hydrogen-bond donors (Lipinski definition) is 1. The van der Waals surface area contributed by atoms with Gasteiger partial charge in [0.15, 0.2) is 0 Å². The SMILES string of the molecule is Cc1ccc(C2=C[C@H](c3ccco3)N(C(=O)CCl)N2)cc1. The Kier molecular flexibility index (Phi) is 3.71. The van der Waals surface area contributed by atoms with Crippen molar-refractivity contribution >= 4 is 23.2 Å². The summed E-state index contributed by atoms with van der Waals surface area (Å²) in [6.07, 6.45) is 3.56. The molecule has 0 radical (unpaired) electrons. The molecule has 0 saturated heterocycles. The van der Waals surface area contributed by atoms with Crippen LogP contribution in [0.5, 0.6) is 0 Å². The Morgan fingerprint density at radius 3 is 2.71 bits per heavy atom.